The highest BCUT2D eigenvalue weighted by atomic mass is 79.9. The molecule has 1 aliphatic heterocycles. The van der Waals surface area contributed by atoms with Gasteiger partial charge in [0.2, 0.25) is 0 Å². The smallest absolute Gasteiger partial charge is 0.167 e. The quantitative estimate of drug-likeness (QED) is 0.696. The van der Waals surface area contributed by atoms with Crippen molar-refractivity contribution in [2.75, 3.05) is 6.61 Å². The van der Waals surface area contributed by atoms with Gasteiger partial charge in [0.25, 0.3) is 0 Å². The summed E-state index contributed by atoms with van der Waals surface area (Å²) in [5, 5.41) is 0. The lowest BCUT2D eigenvalue weighted by atomic mass is 9.74. The third-order valence-corrected chi connectivity index (χ3v) is 6.14. The van der Waals surface area contributed by atoms with Crippen molar-refractivity contribution in [1.29, 1.82) is 0 Å². The average Bonchev–Trinajstić information content (AvgIpc) is 2.50. The minimum Gasteiger partial charge on any atom is -0.375 e. The first kappa shape index (κ1) is 15.2. The van der Waals surface area contributed by atoms with Crippen LogP contribution in [0.15, 0.2) is 22.7 Å². The standard InChI is InChI=1S/C18H23BrO2/c1-13-6-5-7-15(16(13)19)17(20)14-8-11-21-18(12-14)9-3-2-4-10-18/h5-7,14H,2-4,8-12H2,1H3. The van der Waals surface area contributed by atoms with E-state index in [1.807, 2.05) is 25.1 Å². The molecule has 1 aromatic rings. The Kier molecular flexibility index (Phi) is 4.51. The lowest BCUT2D eigenvalue weighted by molar-refractivity contribution is -0.111. The highest BCUT2D eigenvalue weighted by molar-refractivity contribution is 9.10. The van der Waals surface area contributed by atoms with Crippen LogP contribution in [-0.4, -0.2) is 18.0 Å². The van der Waals surface area contributed by atoms with Gasteiger partial charge in [-0.25, -0.2) is 0 Å². The number of hydrogen-bond acceptors (Lipinski definition) is 2. The van der Waals surface area contributed by atoms with Crippen LogP contribution < -0.4 is 0 Å². The van der Waals surface area contributed by atoms with E-state index in [4.69, 9.17) is 4.74 Å². The van der Waals surface area contributed by atoms with E-state index in [-0.39, 0.29) is 11.5 Å². The van der Waals surface area contributed by atoms with Gasteiger partial charge in [0.1, 0.15) is 0 Å². The van der Waals surface area contributed by atoms with Crippen molar-refractivity contribution in [3.63, 3.8) is 0 Å². The number of benzene rings is 1. The molecule has 0 bridgehead atoms. The third-order valence-electron chi connectivity index (χ3n) is 5.09. The van der Waals surface area contributed by atoms with Crippen LogP contribution in [0.5, 0.6) is 0 Å². The van der Waals surface area contributed by atoms with Crippen molar-refractivity contribution in [1.82, 2.24) is 0 Å². The maximum Gasteiger partial charge on any atom is 0.167 e. The fourth-order valence-electron chi connectivity index (χ4n) is 3.85. The SMILES string of the molecule is Cc1cccc(C(=O)C2CCOC3(CCCCC3)C2)c1Br. The molecule has 1 aromatic carbocycles. The molecule has 1 aliphatic carbocycles. The van der Waals surface area contributed by atoms with Crippen LogP contribution in [-0.2, 0) is 4.74 Å². The van der Waals surface area contributed by atoms with Gasteiger partial charge in [0.05, 0.1) is 5.60 Å². The number of halogens is 1. The molecule has 2 aliphatic rings. The van der Waals surface area contributed by atoms with Crippen molar-refractivity contribution < 1.29 is 9.53 Å². The van der Waals surface area contributed by atoms with E-state index in [9.17, 15) is 4.79 Å². The molecule has 0 N–H and O–H groups in total. The number of hydrogen-bond donors (Lipinski definition) is 0. The Morgan fingerprint density at radius 1 is 1.29 bits per heavy atom. The Morgan fingerprint density at radius 2 is 2.05 bits per heavy atom. The van der Waals surface area contributed by atoms with E-state index >= 15 is 0 Å². The fraction of sp³-hybridized carbons (Fsp3) is 0.611. The second kappa shape index (κ2) is 6.21. The number of aryl methyl sites for hydroxylation is 1. The summed E-state index contributed by atoms with van der Waals surface area (Å²) < 4.78 is 7.07. The number of Topliss-reactive ketones (excluding diaryl/α,β-unsaturated/α-hetero) is 1. The predicted molar refractivity (Wildman–Crippen MR) is 87.7 cm³/mol. The highest BCUT2D eigenvalue weighted by Crippen LogP contribution is 2.42. The van der Waals surface area contributed by atoms with Crippen molar-refractivity contribution in [3.8, 4) is 0 Å². The molecule has 2 nitrogen and oxygen atoms in total. The first-order valence-electron chi connectivity index (χ1n) is 8.05. The topological polar surface area (TPSA) is 26.3 Å². The molecule has 3 heteroatoms. The molecular formula is C18H23BrO2. The van der Waals surface area contributed by atoms with Crippen molar-refractivity contribution in [3.05, 3.63) is 33.8 Å². The van der Waals surface area contributed by atoms with E-state index in [0.717, 1.165) is 47.9 Å². The Labute approximate surface area is 135 Å². The van der Waals surface area contributed by atoms with Gasteiger partial charge in [-0.15, -0.1) is 0 Å². The number of ketones is 1. The van der Waals surface area contributed by atoms with Crippen LogP contribution in [0.2, 0.25) is 0 Å². The molecule has 3 rings (SSSR count). The van der Waals surface area contributed by atoms with Gasteiger partial charge < -0.3 is 4.74 Å². The fourth-order valence-corrected chi connectivity index (χ4v) is 4.31. The molecule has 1 saturated heterocycles. The molecule has 1 unspecified atom stereocenters. The lowest BCUT2D eigenvalue weighted by Gasteiger charge is -2.43. The molecule has 1 atom stereocenters. The first-order chi connectivity index (χ1) is 10.1. The Hall–Kier alpha value is -0.670. The molecule has 1 heterocycles. The zero-order valence-corrected chi connectivity index (χ0v) is 14.2. The van der Waals surface area contributed by atoms with Crippen molar-refractivity contribution in [2.24, 2.45) is 5.92 Å². The molecule has 0 aromatic heterocycles. The van der Waals surface area contributed by atoms with Crippen LogP contribution in [0.25, 0.3) is 0 Å². The molecule has 2 fully saturated rings. The van der Waals surface area contributed by atoms with Crippen LogP contribution in [0.3, 0.4) is 0 Å². The van der Waals surface area contributed by atoms with E-state index in [0.29, 0.717) is 5.78 Å². The van der Waals surface area contributed by atoms with Crippen LogP contribution in [0, 0.1) is 12.8 Å². The first-order valence-corrected chi connectivity index (χ1v) is 8.84. The van der Waals surface area contributed by atoms with E-state index < -0.39 is 0 Å². The van der Waals surface area contributed by atoms with Gasteiger partial charge in [-0.1, -0.05) is 37.5 Å². The Balaban J connectivity index is 1.79. The second-order valence-electron chi connectivity index (χ2n) is 6.58. The molecule has 114 valence electrons. The molecule has 1 spiro atoms. The third kappa shape index (κ3) is 3.09. The molecule has 0 amide bonds. The number of carbonyl (C=O) groups is 1. The molecule has 1 saturated carbocycles. The zero-order chi connectivity index (χ0) is 14.9. The van der Waals surface area contributed by atoms with Crippen LogP contribution in [0.1, 0.15) is 60.9 Å². The summed E-state index contributed by atoms with van der Waals surface area (Å²) in [5.74, 6) is 0.411. The van der Waals surface area contributed by atoms with Gasteiger partial charge in [-0.05, 0) is 54.1 Å². The average molecular weight is 351 g/mol. The highest BCUT2D eigenvalue weighted by Gasteiger charge is 2.41. The summed E-state index contributed by atoms with van der Waals surface area (Å²) in [5.41, 5.74) is 1.96. The van der Waals surface area contributed by atoms with Crippen LogP contribution >= 0.6 is 15.9 Å². The Bertz CT molecular complexity index is 527. The number of carbonyl (C=O) groups excluding carboxylic acids is 1. The molecule has 0 radical (unpaired) electrons. The Morgan fingerprint density at radius 3 is 2.81 bits per heavy atom. The number of ether oxygens (including phenoxy) is 1. The molecule has 21 heavy (non-hydrogen) atoms. The van der Waals surface area contributed by atoms with Gasteiger partial charge in [0, 0.05) is 22.6 Å². The van der Waals surface area contributed by atoms with E-state index in [1.54, 1.807) is 0 Å². The lowest BCUT2D eigenvalue weighted by Crippen LogP contribution is -2.43. The van der Waals surface area contributed by atoms with Crippen molar-refractivity contribution >= 4 is 21.7 Å². The van der Waals surface area contributed by atoms with Gasteiger partial charge in [-0.3, -0.25) is 4.79 Å². The van der Waals surface area contributed by atoms with Gasteiger partial charge in [-0.2, -0.15) is 0 Å². The van der Waals surface area contributed by atoms with Crippen LogP contribution in [0.4, 0.5) is 0 Å². The maximum absolute atomic E-state index is 12.9. The minimum atomic E-state index is -0.00682. The van der Waals surface area contributed by atoms with E-state index in [2.05, 4.69) is 15.9 Å². The summed E-state index contributed by atoms with van der Waals surface area (Å²) >= 11 is 3.58. The van der Waals surface area contributed by atoms with E-state index in [1.165, 1.54) is 19.3 Å². The monoisotopic (exact) mass is 350 g/mol. The minimum absolute atomic E-state index is 0.00682. The van der Waals surface area contributed by atoms with Crippen molar-refractivity contribution in [2.45, 2.75) is 57.5 Å². The number of rotatable bonds is 2. The summed E-state index contributed by atoms with van der Waals surface area (Å²) in [6, 6.07) is 5.96. The summed E-state index contributed by atoms with van der Waals surface area (Å²) in [4.78, 5) is 12.9. The summed E-state index contributed by atoms with van der Waals surface area (Å²) in [6.07, 6.45) is 7.84. The predicted octanol–water partition coefficient (Wildman–Crippen LogP) is 5.07. The largest absolute Gasteiger partial charge is 0.375 e. The van der Waals surface area contributed by atoms with Gasteiger partial charge in [0.15, 0.2) is 5.78 Å². The summed E-state index contributed by atoms with van der Waals surface area (Å²) in [6.45, 7) is 2.77. The normalized spacial score (nSPS) is 25.0. The van der Waals surface area contributed by atoms with Gasteiger partial charge >= 0.3 is 0 Å². The molecular weight excluding hydrogens is 328 g/mol. The second-order valence-corrected chi connectivity index (χ2v) is 7.38. The summed E-state index contributed by atoms with van der Waals surface area (Å²) in [7, 11) is 0. The zero-order valence-electron chi connectivity index (χ0n) is 12.7. The maximum atomic E-state index is 12.9.